The molecule has 110 valence electrons. The molecule has 2 aliphatic heterocycles. The fraction of sp³-hybridized carbons (Fsp3) is 0.647. The summed E-state index contributed by atoms with van der Waals surface area (Å²) in [6.07, 6.45) is 7.47. The van der Waals surface area contributed by atoms with Crippen LogP contribution in [0, 0.1) is 0 Å². The van der Waals surface area contributed by atoms with E-state index in [2.05, 4.69) is 30.4 Å². The second-order valence-electron chi connectivity index (χ2n) is 6.00. The number of ether oxygens (including phenoxy) is 2. The first-order chi connectivity index (χ1) is 9.83. The van der Waals surface area contributed by atoms with Crippen molar-refractivity contribution >= 4 is 5.69 Å². The van der Waals surface area contributed by atoms with Gasteiger partial charge in [-0.2, -0.15) is 0 Å². The number of nitrogens with one attached hydrogen (secondary N) is 1. The molecule has 3 heteroatoms. The molecule has 0 aromatic heterocycles. The van der Waals surface area contributed by atoms with Gasteiger partial charge in [-0.1, -0.05) is 12.1 Å². The van der Waals surface area contributed by atoms with Crippen LogP contribution in [0.2, 0.25) is 0 Å². The van der Waals surface area contributed by atoms with Crippen molar-refractivity contribution in [3.05, 3.63) is 23.8 Å². The Hall–Kier alpha value is -1.22. The molecule has 0 bridgehead atoms. The van der Waals surface area contributed by atoms with Gasteiger partial charge in [-0.25, -0.2) is 0 Å². The highest BCUT2D eigenvalue weighted by molar-refractivity contribution is 5.63. The Morgan fingerprint density at radius 2 is 2.30 bits per heavy atom. The summed E-state index contributed by atoms with van der Waals surface area (Å²) >= 11 is 0. The SMILES string of the molecule is CC1CCc2cccc(OCCCC3CCCO3)c2N1. The van der Waals surface area contributed by atoms with Crippen molar-refractivity contribution in [1.29, 1.82) is 0 Å². The lowest BCUT2D eigenvalue weighted by atomic mass is 9.98. The first-order valence-corrected chi connectivity index (χ1v) is 7.96. The van der Waals surface area contributed by atoms with E-state index in [1.54, 1.807) is 0 Å². The largest absolute Gasteiger partial charge is 0.491 e. The number of aryl methyl sites for hydroxylation is 1. The molecular formula is C17H25NO2. The Kier molecular flexibility index (Phi) is 4.46. The number of hydrogen-bond donors (Lipinski definition) is 1. The molecule has 2 aliphatic rings. The zero-order valence-electron chi connectivity index (χ0n) is 12.4. The molecule has 1 aromatic rings. The fourth-order valence-electron chi connectivity index (χ4n) is 3.12. The van der Waals surface area contributed by atoms with E-state index in [9.17, 15) is 0 Å². The van der Waals surface area contributed by atoms with Gasteiger partial charge in [0.15, 0.2) is 0 Å². The second-order valence-corrected chi connectivity index (χ2v) is 6.00. The Morgan fingerprint density at radius 1 is 1.35 bits per heavy atom. The van der Waals surface area contributed by atoms with Crippen molar-refractivity contribution in [2.75, 3.05) is 18.5 Å². The monoisotopic (exact) mass is 275 g/mol. The van der Waals surface area contributed by atoms with E-state index in [1.165, 1.54) is 30.5 Å². The molecule has 2 atom stereocenters. The summed E-state index contributed by atoms with van der Waals surface area (Å²) in [5.41, 5.74) is 2.60. The zero-order valence-corrected chi connectivity index (χ0v) is 12.4. The average molecular weight is 275 g/mol. The molecular weight excluding hydrogens is 250 g/mol. The number of hydrogen-bond acceptors (Lipinski definition) is 3. The maximum absolute atomic E-state index is 5.99. The minimum absolute atomic E-state index is 0.474. The summed E-state index contributed by atoms with van der Waals surface area (Å²) in [6.45, 7) is 3.96. The zero-order chi connectivity index (χ0) is 13.8. The molecule has 0 saturated carbocycles. The molecule has 2 unspecified atom stereocenters. The quantitative estimate of drug-likeness (QED) is 0.830. The summed E-state index contributed by atoms with van der Waals surface area (Å²) < 4.78 is 11.6. The van der Waals surface area contributed by atoms with Crippen LogP contribution in [-0.4, -0.2) is 25.4 Å². The van der Waals surface area contributed by atoms with Crippen molar-refractivity contribution in [3.8, 4) is 5.75 Å². The van der Waals surface area contributed by atoms with Crippen LogP contribution in [0.25, 0.3) is 0 Å². The predicted octanol–water partition coefficient (Wildman–Crippen LogP) is 3.77. The summed E-state index contributed by atoms with van der Waals surface area (Å²) in [5, 5.41) is 3.56. The third-order valence-electron chi connectivity index (χ3n) is 4.30. The van der Waals surface area contributed by atoms with Crippen LogP contribution in [0.1, 0.15) is 44.6 Å². The third-order valence-corrected chi connectivity index (χ3v) is 4.30. The van der Waals surface area contributed by atoms with Crippen LogP contribution < -0.4 is 10.1 Å². The molecule has 1 N–H and O–H groups in total. The molecule has 1 saturated heterocycles. The molecule has 1 fully saturated rings. The van der Waals surface area contributed by atoms with E-state index in [-0.39, 0.29) is 0 Å². The van der Waals surface area contributed by atoms with Crippen molar-refractivity contribution in [3.63, 3.8) is 0 Å². The molecule has 0 aliphatic carbocycles. The van der Waals surface area contributed by atoms with Gasteiger partial charge in [-0.05, 0) is 57.1 Å². The van der Waals surface area contributed by atoms with E-state index in [0.717, 1.165) is 38.2 Å². The minimum Gasteiger partial charge on any atom is -0.491 e. The van der Waals surface area contributed by atoms with Crippen molar-refractivity contribution in [2.24, 2.45) is 0 Å². The van der Waals surface area contributed by atoms with Gasteiger partial charge in [-0.3, -0.25) is 0 Å². The number of benzene rings is 1. The molecule has 0 spiro atoms. The minimum atomic E-state index is 0.474. The van der Waals surface area contributed by atoms with Crippen LogP contribution >= 0.6 is 0 Å². The first kappa shape index (κ1) is 13.7. The normalized spacial score (nSPS) is 25.1. The van der Waals surface area contributed by atoms with Gasteiger partial charge in [0.05, 0.1) is 18.4 Å². The van der Waals surface area contributed by atoms with Crippen LogP contribution in [0.5, 0.6) is 5.75 Å². The third kappa shape index (κ3) is 3.26. The molecule has 3 rings (SSSR count). The van der Waals surface area contributed by atoms with Crippen LogP contribution in [-0.2, 0) is 11.2 Å². The van der Waals surface area contributed by atoms with Crippen molar-refractivity contribution < 1.29 is 9.47 Å². The number of anilines is 1. The highest BCUT2D eigenvalue weighted by atomic mass is 16.5. The van der Waals surface area contributed by atoms with Crippen molar-refractivity contribution in [2.45, 2.75) is 57.6 Å². The van der Waals surface area contributed by atoms with Gasteiger partial charge in [0.25, 0.3) is 0 Å². The number of fused-ring (bicyclic) bond motifs is 1. The molecule has 0 amide bonds. The van der Waals surface area contributed by atoms with Crippen LogP contribution in [0.3, 0.4) is 0 Å². The molecule has 20 heavy (non-hydrogen) atoms. The maximum Gasteiger partial charge on any atom is 0.142 e. The predicted molar refractivity (Wildman–Crippen MR) is 81.6 cm³/mol. The van der Waals surface area contributed by atoms with Gasteiger partial charge < -0.3 is 14.8 Å². The topological polar surface area (TPSA) is 30.5 Å². The summed E-state index contributed by atoms with van der Waals surface area (Å²) in [4.78, 5) is 0. The van der Waals surface area contributed by atoms with Gasteiger partial charge in [0.2, 0.25) is 0 Å². The van der Waals surface area contributed by atoms with E-state index < -0.39 is 0 Å². The molecule has 0 radical (unpaired) electrons. The summed E-state index contributed by atoms with van der Waals surface area (Å²) in [5.74, 6) is 1.02. The highest BCUT2D eigenvalue weighted by Crippen LogP contribution is 2.34. The Morgan fingerprint density at radius 3 is 3.15 bits per heavy atom. The summed E-state index contributed by atoms with van der Waals surface area (Å²) in [6, 6.07) is 6.93. The van der Waals surface area contributed by atoms with Gasteiger partial charge in [0.1, 0.15) is 5.75 Å². The van der Waals surface area contributed by atoms with Gasteiger partial charge >= 0.3 is 0 Å². The smallest absolute Gasteiger partial charge is 0.142 e. The number of para-hydroxylation sites is 1. The van der Waals surface area contributed by atoms with Crippen LogP contribution in [0.15, 0.2) is 18.2 Å². The van der Waals surface area contributed by atoms with Crippen LogP contribution in [0.4, 0.5) is 5.69 Å². The fourth-order valence-corrected chi connectivity index (χ4v) is 3.12. The Labute approximate surface area is 121 Å². The van der Waals surface area contributed by atoms with Gasteiger partial charge in [0, 0.05) is 12.6 Å². The number of rotatable bonds is 5. The van der Waals surface area contributed by atoms with Gasteiger partial charge in [-0.15, -0.1) is 0 Å². The van der Waals surface area contributed by atoms with Crippen molar-refractivity contribution in [1.82, 2.24) is 0 Å². The Balaban J connectivity index is 1.52. The molecule has 3 nitrogen and oxygen atoms in total. The Bertz CT molecular complexity index is 441. The lowest BCUT2D eigenvalue weighted by Gasteiger charge is -2.26. The lowest BCUT2D eigenvalue weighted by molar-refractivity contribution is 0.0981. The van der Waals surface area contributed by atoms with E-state index >= 15 is 0 Å². The standard InChI is InChI=1S/C17H25NO2/c1-13-9-10-14-5-2-8-16(17(14)18-13)20-12-4-7-15-6-3-11-19-15/h2,5,8,13,15,18H,3-4,6-7,9-12H2,1H3. The van der Waals surface area contributed by atoms with E-state index in [0.29, 0.717) is 12.1 Å². The summed E-state index contributed by atoms with van der Waals surface area (Å²) in [7, 11) is 0. The lowest BCUT2D eigenvalue weighted by Crippen LogP contribution is -2.22. The maximum atomic E-state index is 5.99. The molecule has 1 aromatic carbocycles. The average Bonchev–Trinajstić information content (AvgIpc) is 2.97. The van der Waals surface area contributed by atoms with E-state index in [1.807, 2.05) is 0 Å². The molecule has 2 heterocycles. The second kappa shape index (κ2) is 6.49. The van der Waals surface area contributed by atoms with E-state index in [4.69, 9.17) is 9.47 Å². The highest BCUT2D eigenvalue weighted by Gasteiger charge is 2.18. The first-order valence-electron chi connectivity index (χ1n) is 7.96.